The average Bonchev–Trinajstić information content (AvgIpc) is 3.22. The van der Waals surface area contributed by atoms with E-state index in [-0.39, 0.29) is 18.0 Å². The predicted octanol–water partition coefficient (Wildman–Crippen LogP) is 2.13. The first-order valence-corrected chi connectivity index (χ1v) is 8.02. The van der Waals surface area contributed by atoms with E-state index in [1.54, 1.807) is 29.1 Å². The molecule has 0 saturated carbocycles. The van der Waals surface area contributed by atoms with Crippen LogP contribution < -0.4 is 10.6 Å². The third-order valence-electron chi connectivity index (χ3n) is 4.09. The number of carbonyl (C=O) groups is 1. The van der Waals surface area contributed by atoms with E-state index >= 15 is 0 Å². The van der Waals surface area contributed by atoms with Gasteiger partial charge in [-0.1, -0.05) is 12.1 Å². The summed E-state index contributed by atoms with van der Waals surface area (Å²) in [5, 5.41) is 5.69. The zero-order chi connectivity index (χ0) is 16.9. The second-order valence-corrected chi connectivity index (χ2v) is 5.87. The quantitative estimate of drug-likeness (QED) is 0.881. The van der Waals surface area contributed by atoms with Crippen molar-refractivity contribution in [1.29, 1.82) is 0 Å². The molecule has 1 aromatic heterocycles. The number of urea groups is 1. The van der Waals surface area contributed by atoms with E-state index in [1.807, 2.05) is 7.05 Å². The molecule has 2 heterocycles. The van der Waals surface area contributed by atoms with E-state index in [1.165, 1.54) is 12.1 Å². The summed E-state index contributed by atoms with van der Waals surface area (Å²) in [4.78, 5) is 16.6. The summed E-state index contributed by atoms with van der Waals surface area (Å²) in [5.74, 6) is 0.279. The molecule has 2 N–H and O–H groups in total. The topological polar surface area (TPSA) is 68.2 Å². The fraction of sp³-hybridized carbons (Fsp3) is 0.412. The normalized spacial score (nSPS) is 18.3. The van der Waals surface area contributed by atoms with Crippen LogP contribution >= 0.6 is 0 Å². The third-order valence-corrected chi connectivity index (χ3v) is 4.09. The van der Waals surface area contributed by atoms with Gasteiger partial charge in [0.2, 0.25) is 0 Å². The minimum Gasteiger partial charge on any atom is -0.376 e. The van der Waals surface area contributed by atoms with Crippen molar-refractivity contribution in [3.8, 4) is 0 Å². The Hall–Kier alpha value is -2.41. The van der Waals surface area contributed by atoms with Gasteiger partial charge in [0.15, 0.2) is 0 Å². The lowest BCUT2D eigenvalue weighted by Crippen LogP contribution is -2.42. The number of ether oxygens (including phenoxy) is 1. The Morgan fingerprint density at radius 1 is 1.54 bits per heavy atom. The molecule has 2 aromatic rings. The molecule has 7 heteroatoms. The highest BCUT2D eigenvalue weighted by molar-refractivity contribution is 5.74. The molecule has 0 aliphatic carbocycles. The fourth-order valence-corrected chi connectivity index (χ4v) is 2.83. The Balaban J connectivity index is 1.72. The fourth-order valence-electron chi connectivity index (χ4n) is 2.83. The first kappa shape index (κ1) is 16.4. The number of benzene rings is 1. The molecule has 6 nitrogen and oxygen atoms in total. The predicted molar refractivity (Wildman–Crippen MR) is 87.0 cm³/mol. The van der Waals surface area contributed by atoms with Gasteiger partial charge in [0.1, 0.15) is 17.7 Å². The van der Waals surface area contributed by atoms with Crippen molar-refractivity contribution >= 4 is 6.03 Å². The zero-order valence-corrected chi connectivity index (χ0v) is 13.5. The number of aryl methyl sites for hydroxylation is 1. The van der Waals surface area contributed by atoms with E-state index in [0.29, 0.717) is 17.9 Å². The van der Waals surface area contributed by atoms with Gasteiger partial charge in [0.05, 0.1) is 6.10 Å². The molecule has 1 fully saturated rings. The molecular formula is C17H21FN4O2. The van der Waals surface area contributed by atoms with Crippen LogP contribution in [0.5, 0.6) is 0 Å². The summed E-state index contributed by atoms with van der Waals surface area (Å²) in [6.45, 7) is 1.20. The van der Waals surface area contributed by atoms with Gasteiger partial charge < -0.3 is 19.9 Å². The number of aromatic nitrogens is 2. The standard InChI is InChI=1S/C17H21FN4O2/c1-22-8-7-19-16(22)15(12-4-2-5-13(18)10-12)21-17(23)20-11-14-6-3-9-24-14/h2,4-5,7-8,10,14-15H,3,6,9,11H2,1H3,(H2,20,21,23)/t14-,15-/m0/s1. The molecule has 0 bridgehead atoms. The Kier molecular flexibility index (Phi) is 5.10. The molecule has 1 saturated heterocycles. The van der Waals surface area contributed by atoms with Crippen molar-refractivity contribution in [2.45, 2.75) is 25.0 Å². The van der Waals surface area contributed by atoms with E-state index in [9.17, 15) is 9.18 Å². The third kappa shape index (κ3) is 3.91. The number of imidazole rings is 1. The van der Waals surface area contributed by atoms with Crippen LogP contribution in [0.2, 0.25) is 0 Å². The van der Waals surface area contributed by atoms with Crippen LogP contribution in [0.15, 0.2) is 36.7 Å². The molecule has 1 aromatic carbocycles. The summed E-state index contributed by atoms with van der Waals surface area (Å²) in [7, 11) is 1.83. The molecule has 3 rings (SSSR count). The Bertz CT molecular complexity index is 697. The smallest absolute Gasteiger partial charge is 0.315 e. The van der Waals surface area contributed by atoms with Gasteiger partial charge in [-0.2, -0.15) is 0 Å². The van der Waals surface area contributed by atoms with Crippen molar-refractivity contribution in [2.75, 3.05) is 13.2 Å². The lowest BCUT2D eigenvalue weighted by molar-refractivity contribution is 0.111. The largest absolute Gasteiger partial charge is 0.376 e. The summed E-state index contributed by atoms with van der Waals surface area (Å²) < 4.78 is 20.9. The second kappa shape index (κ2) is 7.44. The molecule has 0 unspecified atom stereocenters. The molecule has 2 atom stereocenters. The van der Waals surface area contributed by atoms with Crippen molar-refractivity contribution in [3.05, 3.63) is 53.9 Å². The SMILES string of the molecule is Cn1ccnc1[C@@H](NC(=O)NC[C@@H]1CCCO1)c1cccc(F)c1. The Morgan fingerprint density at radius 3 is 3.08 bits per heavy atom. The summed E-state index contributed by atoms with van der Waals surface area (Å²) in [6.07, 6.45) is 5.47. The Labute approximate surface area is 140 Å². The molecule has 0 radical (unpaired) electrons. The zero-order valence-electron chi connectivity index (χ0n) is 13.5. The lowest BCUT2D eigenvalue weighted by atomic mass is 10.1. The Morgan fingerprint density at radius 2 is 2.42 bits per heavy atom. The molecule has 2 amide bonds. The number of amides is 2. The molecule has 1 aliphatic rings. The van der Waals surface area contributed by atoms with Crippen molar-refractivity contribution in [3.63, 3.8) is 0 Å². The van der Waals surface area contributed by atoms with Crippen LogP contribution in [0, 0.1) is 5.82 Å². The van der Waals surface area contributed by atoms with Crippen LogP contribution in [0.1, 0.15) is 30.3 Å². The van der Waals surface area contributed by atoms with Gasteiger partial charge >= 0.3 is 6.03 Å². The lowest BCUT2D eigenvalue weighted by Gasteiger charge is -2.20. The first-order chi connectivity index (χ1) is 11.6. The van der Waals surface area contributed by atoms with Crippen LogP contribution in [-0.4, -0.2) is 34.8 Å². The highest BCUT2D eigenvalue weighted by Gasteiger charge is 2.22. The highest BCUT2D eigenvalue weighted by Crippen LogP contribution is 2.21. The maximum absolute atomic E-state index is 13.6. The van der Waals surface area contributed by atoms with Gasteiger partial charge in [0, 0.05) is 32.6 Å². The van der Waals surface area contributed by atoms with Crippen LogP contribution in [-0.2, 0) is 11.8 Å². The van der Waals surface area contributed by atoms with E-state index in [0.717, 1.165) is 19.4 Å². The average molecular weight is 332 g/mol. The minimum absolute atomic E-state index is 0.0662. The van der Waals surface area contributed by atoms with Crippen molar-refractivity contribution in [1.82, 2.24) is 20.2 Å². The van der Waals surface area contributed by atoms with E-state index in [4.69, 9.17) is 4.74 Å². The van der Waals surface area contributed by atoms with Crippen LogP contribution in [0.3, 0.4) is 0 Å². The van der Waals surface area contributed by atoms with Gasteiger partial charge in [-0.15, -0.1) is 0 Å². The molecule has 0 spiro atoms. The monoisotopic (exact) mass is 332 g/mol. The van der Waals surface area contributed by atoms with Crippen molar-refractivity contribution < 1.29 is 13.9 Å². The number of nitrogens with one attached hydrogen (secondary N) is 2. The number of hydrogen-bond acceptors (Lipinski definition) is 3. The summed E-state index contributed by atoms with van der Waals surface area (Å²) in [6, 6.07) is 5.29. The first-order valence-electron chi connectivity index (χ1n) is 8.02. The molecule has 128 valence electrons. The summed E-state index contributed by atoms with van der Waals surface area (Å²) in [5.41, 5.74) is 0.636. The molecular weight excluding hydrogens is 311 g/mol. The van der Waals surface area contributed by atoms with E-state index in [2.05, 4.69) is 15.6 Å². The molecule has 24 heavy (non-hydrogen) atoms. The van der Waals surface area contributed by atoms with Crippen molar-refractivity contribution in [2.24, 2.45) is 7.05 Å². The maximum atomic E-state index is 13.6. The second-order valence-electron chi connectivity index (χ2n) is 5.87. The number of carbonyl (C=O) groups excluding carboxylic acids is 1. The number of hydrogen-bond donors (Lipinski definition) is 2. The molecule has 1 aliphatic heterocycles. The van der Waals surface area contributed by atoms with Gasteiger partial charge in [-0.25, -0.2) is 14.2 Å². The summed E-state index contributed by atoms with van der Waals surface area (Å²) >= 11 is 0. The number of halogens is 1. The maximum Gasteiger partial charge on any atom is 0.315 e. The van der Waals surface area contributed by atoms with Gasteiger partial charge in [-0.05, 0) is 30.5 Å². The van der Waals surface area contributed by atoms with Crippen LogP contribution in [0.4, 0.5) is 9.18 Å². The minimum atomic E-state index is -0.537. The van der Waals surface area contributed by atoms with Gasteiger partial charge in [0.25, 0.3) is 0 Å². The van der Waals surface area contributed by atoms with Crippen LogP contribution in [0.25, 0.3) is 0 Å². The highest BCUT2D eigenvalue weighted by atomic mass is 19.1. The number of rotatable bonds is 5. The van der Waals surface area contributed by atoms with Gasteiger partial charge in [-0.3, -0.25) is 0 Å². The van der Waals surface area contributed by atoms with E-state index < -0.39 is 6.04 Å². The number of nitrogens with zero attached hydrogens (tertiary/aromatic N) is 2.